The number of benzene rings is 1. The zero-order valence-corrected chi connectivity index (χ0v) is 13.3. The van der Waals surface area contributed by atoms with E-state index in [1.54, 1.807) is 4.90 Å². The lowest BCUT2D eigenvalue weighted by molar-refractivity contribution is 0.0699. The topological polar surface area (TPSA) is 60.2 Å². The standard InChI is InChI=1S/C17H19FN4O2/c18-14-5-3-13(4-6-14)17(23)21-7-8-22-16(9-21)15(19-20-22)11-24-10-12-1-2-12/h3-6,12H,1-2,7-11H2. The molecule has 7 heteroatoms. The third-order valence-corrected chi connectivity index (χ3v) is 4.51. The average molecular weight is 330 g/mol. The van der Waals surface area contributed by atoms with Gasteiger partial charge in [0.25, 0.3) is 5.91 Å². The Hall–Kier alpha value is -2.28. The minimum Gasteiger partial charge on any atom is -0.375 e. The highest BCUT2D eigenvalue weighted by atomic mass is 19.1. The van der Waals surface area contributed by atoms with Gasteiger partial charge in [-0.05, 0) is 43.0 Å². The van der Waals surface area contributed by atoms with Gasteiger partial charge in [0, 0.05) is 18.7 Å². The number of carbonyl (C=O) groups is 1. The van der Waals surface area contributed by atoms with Crippen LogP contribution >= 0.6 is 0 Å². The van der Waals surface area contributed by atoms with E-state index in [2.05, 4.69) is 10.3 Å². The fraction of sp³-hybridized carbons (Fsp3) is 0.471. The molecule has 1 aliphatic carbocycles. The molecular formula is C17H19FN4O2. The van der Waals surface area contributed by atoms with Crippen LogP contribution in [0.25, 0.3) is 0 Å². The molecule has 1 aromatic carbocycles. The first-order chi connectivity index (χ1) is 11.7. The van der Waals surface area contributed by atoms with Gasteiger partial charge in [0.05, 0.1) is 25.4 Å². The first kappa shape index (κ1) is 15.3. The van der Waals surface area contributed by atoms with E-state index in [0.29, 0.717) is 37.7 Å². The number of rotatable bonds is 5. The molecule has 1 aromatic heterocycles. The first-order valence-electron chi connectivity index (χ1n) is 8.24. The van der Waals surface area contributed by atoms with Crippen molar-refractivity contribution in [3.63, 3.8) is 0 Å². The smallest absolute Gasteiger partial charge is 0.254 e. The molecule has 0 unspecified atom stereocenters. The molecule has 126 valence electrons. The third kappa shape index (κ3) is 3.17. The summed E-state index contributed by atoms with van der Waals surface area (Å²) in [5.41, 5.74) is 2.21. The minimum atomic E-state index is -0.345. The Bertz CT molecular complexity index is 740. The summed E-state index contributed by atoms with van der Waals surface area (Å²) in [7, 11) is 0. The zero-order chi connectivity index (χ0) is 16.5. The molecule has 0 spiro atoms. The average Bonchev–Trinajstić information content (AvgIpc) is 3.34. The molecular weight excluding hydrogens is 311 g/mol. The van der Waals surface area contributed by atoms with Gasteiger partial charge in [0.2, 0.25) is 0 Å². The number of hydrogen-bond acceptors (Lipinski definition) is 4. The second kappa shape index (κ2) is 6.32. The number of aromatic nitrogens is 3. The Labute approximate surface area is 139 Å². The van der Waals surface area contributed by atoms with Crippen molar-refractivity contribution in [1.82, 2.24) is 19.9 Å². The van der Waals surface area contributed by atoms with E-state index in [1.165, 1.54) is 37.1 Å². The fourth-order valence-corrected chi connectivity index (χ4v) is 2.86. The fourth-order valence-electron chi connectivity index (χ4n) is 2.86. The van der Waals surface area contributed by atoms with Crippen LogP contribution in [0, 0.1) is 11.7 Å². The van der Waals surface area contributed by atoms with Crippen LogP contribution in [-0.2, 0) is 24.4 Å². The Kier molecular flexibility index (Phi) is 4.02. The number of amides is 1. The molecule has 1 fully saturated rings. The van der Waals surface area contributed by atoms with E-state index >= 15 is 0 Å². The number of halogens is 1. The zero-order valence-electron chi connectivity index (χ0n) is 13.3. The molecule has 4 rings (SSSR count). The molecule has 2 aromatic rings. The predicted molar refractivity (Wildman–Crippen MR) is 83.5 cm³/mol. The van der Waals surface area contributed by atoms with Gasteiger partial charge in [0.15, 0.2) is 0 Å². The molecule has 1 aliphatic heterocycles. The van der Waals surface area contributed by atoms with E-state index in [1.807, 2.05) is 4.68 Å². The van der Waals surface area contributed by atoms with Crippen LogP contribution in [0.3, 0.4) is 0 Å². The quantitative estimate of drug-likeness (QED) is 0.841. The van der Waals surface area contributed by atoms with E-state index in [4.69, 9.17) is 4.74 Å². The maximum absolute atomic E-state index is 13.0. The SMILES string of the molecule is O=C(c1ccc(F)cc1)N1CCn2nnc(COCC3CC3)c2C1. The van der Waals surface area contributed by atoms with E-state index in [9.17, 15) is 9.18 Å². The van der Waals surface area contributed by atoms with Crippen molar-refractivity contribution in [2.75, 3.05) is 13.2 Å². The van der Waals surface area contributed by atoms with Crippen LogP contribution in [-0.4, -0.2) is 39.0 Å². The van der Waals surface area contributed by atoms with Gasteiger partial charge in [-0.15, -0.1) is 5.10 Å². The van der Waals surface area contributed by atoms with Crippen molar-refractivity contribution >= 4 is 5.91 Å². The summed E-state index contributed by atoms with van der Waals surface area (Å²) in [5.74, 6) is 0.253. The summed E-state index contributed by atoms with van der Waals surface area (Å²) in [4.78, 5) is 14.3. The maximum atomic E-state index is 13.0. The lowest BCUT2D eigenvalue weighted by atomic mass is 10.1. The van der Waals surface area contributed by atoms with E-state index < -0.39 is 0 Å². The molecule has 0 bridgehead atoms. The highest BCUT2D eigenvalue weighted by molar-refractivity contribution is 5.94. The van der Waals surface area contributed by atoms with Crippen LogP contribution in [0.1, 0.15) is 34.6 Å². The highest BCUT2D eigenvalue weighted by Gasteiger charge is 2.26. The Morgan fingerprint density at radius 1 is 1.25 bits per heavy atom. The summed E-state index contributed by atoms with van der Waals surface area (Å²) in [6.45, 7) is 2.83. The lowest BCUT2D eigenvalue weighted by Crippen LogP contribution is -2.38. The molecule has 2 aliphatic rings. The molecule has 6 nitrogen and oxygen atoms in total. The molecule has 1 saturated carbocycles. The Morgan fingerprint density at radius 2 is 2.04 bits per heavy atom. The number of nitrogens with zero attached hydrogens (tertiary/aromatic N) is 4. The van der Waals surface area contributed by atoms with E-state index in [0.717, 1.165) is 18.0 Å². The summed E-state index contributed by atoms with van der Waals surface area (Å²) in [6.07, 6.45) is 2.50. The molecule has 0 N–H and O–H groups in total. The Balaban J connectivity index is 1.44. The van der Waals surface area contributed by atoms with Gasteiger partial charge < -0.3 is 9.64 Å². The van der Waals surface area contributed by atoms with Crippen LogP contribution in [0.15, 0.2) is 24.3 Å². The second-order valence-electron chi connectivity index (χ2n) is 6.40. The predicted octanol–water partition coefficient (Wildman–Crippen LogP) is 2.00. The van der Waals surface area contributed by atoms with Crippen molar-refractivity contribution in [1.29, 1.82) is 0 Å². The molecule has 24 heavy (non-hydrogen) atoms. The summed E-state index contributed by atoms with van der Waals surface area (Å²) >= 11 is 0. The summed E-state index contributed by atoms with van der Waals surface area (Å²) in [5, 5.41) is 8.34. The van der Waals surface area contributed by atoms with Gasteiger partial charge in [0.1, 0.15) is 11.5 Å². The molecule has 2 heterocycles. The van der Waals surface area contributed by atoms with Crippen molar-refractivity contribution in [2.24, 2.45) is 5.92 Å². The number of ether oxygens (including phenoxy) is 1. The molecule has 1 amide bonds. The largest absolute Gasteiger partial charge is 0.375 e. The van der Waals surface area contributed by atoms with Crippen LogP contribution in [0.4, 0.5) is 4.39 Å². The van der Waals surface area contributed by atoms with Crippen LogP contribution in [0.5, 0.6) is 0 Å². The Morgan fingerprint density at radius 3 is 2.79 bits per heavy atom. The van der Waals surface area contributed by atoms with Gasteiger partial charge in [-0.3, -0.25) is 4.79 Å². The molecule has 0 saturated heterocycles. The van der Waals surface area contributed by atoms with Gasteiger partial charge in [-0.2, -0.15) is 0 Å². The number of hydrogen-bond donors (Lipinski definition) is 0. The first-order valence-corrected chi connectivity index (χ1v) is 8.24. The van der Waals surface area contributed by atoms with Gasteiger partial charge >= 0.3 is 0 Å². The van der Waals surface area contributed by atoms with Crippen molar-refractivity contribution in [2.45, 2.75) is 32.5 Å². The molecule has 0 atom stereocenters. The van der Waals surface area contributed by atoms with E-state index in [-0.39, 0.29) is 11.7 Å². The lowest BCUT2D eigenvalue weighted by Gasteiger charge is -2.27. The second-order valence-corrected chi connectivity index (χ2v) is 6.40. The van der Waals surface area contributed by atoms with Crippen LogP contribution in [0.2, 0.25) is 0 Å². The van der Waals surface area contributed by atoms with Crippen LogP contribution < -0.4 is 0 Å². The summed E-state index contributed by atoms with van der Waals surface area (Å²) < 4.78 is 20.6. The van der Waals surface area contributed by atoms with Gasteiger partial charge in [-0.1, -0.05) is 5.21 Å². The maximum Gasteiger partial charge on any atom is 0.254 e. The monoisotopic (exact) mass is 330 g/mol. The van der Waals surface area contributed by atoms with Crippen molar-refractivity contribution in [3.8, 4) is 0 Å². The third-order valence-electron chi connectivity index (χ3n) is 4.51. The normalized spacial score (nSPS) is 17.0. The van der Waals surface area contributed by atoms with Gasteiger partial charge in [-0.25, -0.2) is 9.07 Å². The van der Waals surface area contributed by atoms with Crippen molar-refractivity contribution < 1.29 is 13.9 Å². The minimum absolute atomic E-state index is 0.104. The number of fused-ring (bicyclic) bond motifs is 1. The number of carbonyl (C=O) groups excluding carboxylic acids is 1. The highest BCUT2D eigenvalue weighted by Crippen LogP contribution is 2.29. The molecule has 0 radical (unpaired) electrons. The summed E-state index contributed by atoms with van der Waals surface area (Å²) in [6, 6.07) is 5.64. The van der Waals surface area contributed by atoms with Crippen molar-refractivity contribution in [3.05, 3.63) is 47.0 Å².